The van der Waals surface area contributed by atoms with E-state index >= 15 is 17.6 Å². The number of allylic oxidation sites excluding steroid dienone is 6. The number of Topliss-reactive ketones (excluding diaryl/α,β-unsaturated/α-hetero) is 2. The minimum atomic E-state index is -1.32. The van der Waals surface area contributed by atoms with E-state index in [0.717, 1.165) is 234 Å². The Balaban J connectivity index is 0.936. The molecule has 12 aromatic rings. The normalized spacial score (nSPS) is 15.9. The fraction of sp³-hybridized carbons (Fsp3) is 0.277. The Morgan fingerprint density at radius 1 is 0.402 bits per heavy atom. The Bertz CT molecular complexity index is 5590. The molecule has 2 aliphatic heterocycles. The van der Waals surface area contributed by atoms with Gasteiger partial charge in [-0.2, -0.15) is 0 Å². The number of carbonyl (C=O) groups excluding carboxylic acids is 2. The van der Waals surface area contributed by atoms with Crippen molar-refractivity contribution in [2.24, 2.45) is 0 Å². The summed E-state index contributed by atoms with van der Waals surface area (Å²) in [4.78, 5) is 41.2. The molecule has 0 saturated heterocycles. The van der Waals surface area contributed by atoms with Gasteiger partial charge in [0.1, 0.15) is 0 Å². The van der Waals surface area contributed by atoms with Crippen LogP contribution in [0.15, 0.2) is 156 Å². The molecular weight excluding hydrogens is 1520 g/mol. The molecule has 0 radical (unpaired) electrons. The lowest BCUT2D eigenvalue weighted by atomic mass is 9.78. The van der Waals surface area contributed by atoms with Crippen molar-refractivity contribution in [1.82, 2.24) is 0 Å². The molecule has 0 atom stereocenters. The summed E-state index contributed by atoms with van der Waals surface area (Å²) in [7, 11) is 0. The highest BCUT2D eigenvalue weighted by Crippen LogP contribution is 2.69. The summed E-state index contributed by atoms with van der Waals surface area (Å²) in [6.45, 7) is 24.9. The molecule has 2 aliphatic carbocycles. The molecule has 0 amide bonds. The van der Waals surface area contributed by atoms with Crippen LogP contribution in [-0.4, -0.2) is 11.6 Å². The summed E-state index contributed by atoms with van der Waals surface area (Å²) in [5.74, 6) is -4.66. The minimum Gasteiger partial charge on any atom is -0.470 e. The Labute approximate surface area is 673 Å². The zero-order chi connectivity index (χ0) is 77.7. The molecule has 0 spiro atoms. The third-order valence-electron chi connectivity index (χ3n) is 22.2. The number of fused-ring (bicyclic) bond motifs is 15. The van der Waals surface area contributed by atoms with Gasteiger partial charge in [0, 0.05) is 86.0 Å². The molecule has 18 heteroatoms. The first-order valence-corrected chi connectivity index (χ1v) is 43.6. The fourth-order valence-corrected chi connectivity index (χ4v) is 24.8. The van der Waals surface area contributed by atoms with Gasteiger partial charge in [0.15, 0.2) is 57.5 Å². The number of benzene rings is 6. The van der Waals surface area contributed by atoms with Gasteiger partial charge in [0.05, 0.1) is 63.6 Å². The Morgan fingerprint density at radius 3 is 0.991 bits per heavy atom. The molecule has 0 fully saturated rings. The number of aryl methyl sites for hydroxylation is 4. The minimum absolute atomic E-state index is 0.00434. The monoisotopic (exact) mass is 1590 g/mol. The molecule has 112 heavy (non-hydrogen) atoms. The SMILES string of the molecule is [C-]#[N+]C(C#N)=C1/C(=C/c2cc3sc4c(c3s2)C(c2ccc(CCCCCC)cc2)(c2ccc(CCCCCC)cc2)Oc2c-4sc3c4c(sc23)-c2sc3cc(/C=C5\C(=O)c6cc(F)c(F)cc6\C5=C(\C#N)[N+]#[C-])sc3c2C(c2ccc(CCCCCC)cc2)(c2ccc(CCCCCC)cc2)O4)C(=O)c2cc(F)c(F)cc21. The van der Waals surface area contributed by atoms with Crippen molar-refractivity contribution in [1.29, 1.82) is 10.5 Å². The van der Waals surface area contributed by atoms with E-state index in [-0.39, 0.29) is 44.5 Å². The predicted molar refractivity (Wildman–Crippen MR) is 451 cm³/mol. The van der Waals surface area contributed by atoms with E-state index in [0.29, 0.717) is 21.3 Å². The topological polar surface area (TPSA) is 109 Å². The van der Waals surface area contributed by atoms with Gasteiger partial charge in [-0.15, -0.1) is 68.0 Å². The number of hydrogen-bond donors (Lipinski definition) is 0. The number of nitriles is 2. The average Bonchev–Trinajstić information content (AvgIpc) is 1.50. The van der Waals surface area contributed by atoms with Gasteiger partial charge >= 0.3 is 0 Å². The third kappa shape index (κ3) is 13.2. The maximum Gasteiger partial charge on any atom is 0.270 e. The maximum atomic E-state index is 15.2. The summed E-state index contributed by atoms with van der Waals surface area (Å²) in [6.07, 6.45) is 24.7. The first-order valence-electron chi connectivity index (χ1n) is 38.7. The molecule has 560 valence electrons. The second kappa shape index (κ2) is 31.8. The van der Waals surface area contributed by atoms with Crippen LogP contribution in [0.1, 0.15) is 228 Å². The molecule has 8 nitrogen and oxygen atoms in total. The zero-order valence-corrected chi connectivity index (χ0v) is 67.3. The van der Waals surface area contributed by atoms with Gasteiger partial charge in [0.25, 0.3) is 11.4 Å². The fourth-order valence-electron chi connectivity index (χ4n) is 16.5. The number of ether oxygens (including phenoxy) is 2. The standard InChI is InChI=1S/C94H76F4N4O4S6/c1-7-11-15-19-23-53-27-35-57(36-28-53)93(58-37-29-54(30-38-58)24-20-16-12-8-2)79-85-75(45-61(107-85)43-67-77(73(51-99)101-5)63-47-69(95)71(97)49-65(63)81(67)103)109-87(79)89-83(105-93)91-92(111-89)84-90(112-91)88-80(86-76(110-88)46-62(108-86)44-68-78(74(52-100)102-6)64-48-70(96)72(98)50-66(64)82(68)104)94(106-84,59-39-31-55(32-40-59)25-21-17-13-9-3)60-41-33-56(34-42-60)26-22-18-14-10-4/h27-50H,7-26H2,1-4H3/b67-43-,68-44-,77-73+,78-74?. The van der Waals surface area contributed by atoms with Crippen molar-refractivity contribution in [3.05, 3.63) is 290 Å². The molecule has 6 aromatic carbocycles. The van der Waals surface area contributed by atoms with Gasteiger partial charge in [0.2, 0.25) is 0 Å². The highest BCUT2D eigenvalue weighted by molar-refractivity contribution is 7.37. The highest BCUT2D eigenvalue weighted by atomic mass is 32.1. The summed E-state index contributed by atoms with van der Waals surface area (Å²) >= 11 is 9.42. The van der Waals surface area contributed by atoms with E-state index in [4.69, 9.17) is 22.6 Å². The number of nitrogens with zero attached hydrogens (tertiary/aromatic N) is 4. The number of unbranched alkanes of at least 4 members (excludes halogenated alkanes) is 12. The first-order chi connectivity index (χ1) is 54.6. The molecule has 8 heterocycles. The van der Waals surface area contributed by atoms with Crippen molar-refractivity contribution in [2.75, 3.05) is 0 Å². The van der Waals surface area contributed by atoms with Crippen molar-refractivity contribution in [2.45, 2.75) is 167 Å². The van der Waals surface area contributed by atoms with E-state index in [1.807, 2.05) is 24.3 Å². The second-order valence-electron chi connectivity index (χ2n) is 29.4. The molecule has 0 saturated carbocycles. The summed E-state index contributed by atoms with van der Waals surface area (Å²) in [6, 6.07) is 46.9. The van der Waals surface area contributed by atoms with Gasteiger partial charge in [-0.05, 0) is 133 Å². The maximum absolute atomic E-state index is 15.2. The largest absolute Gasteiger partial charge is 0.470 e. The summed E-state index contributed by atoms with van der Waals surface area (Å²) < 4.78 is 82.4. The highest BCUT2D eigenvalue weighted by Gasteiger charge is 2.53. The van der Waals surface area contributed by atoms with Crippen LogP contribution >= 0.6 is 68.0 Å². The Hall–Kier alpha value is -10.1. The zero-order valence-electron chi connectivity index (χ0n) is 62.4. The van der Waals surface area contributed by atoms with Crippen LogP contribution in [0.25, 0.3) is 80.7 Å². The van der Waals surface area contributed by atoms with Gasteiger partial charge < -0.3 is 9.47 Å². The number of rotatable bonds is 26. The number of thiophene rings is 6. The number of halogens is 4. The van der Waals surface area contributed by atoms with Crippen LogP contribution in [0.4, 0.5) is 17.6 Å². The molecule has 0 bridgehead atoms. The molecular formula is C94H76F4N4O4S6. The second-order valence-corrected chi connectivity index (χ2v) is 35.7. The van der Waals surface area contributed by atoms with Crippen molar-refractivity contribution >= 4 is 131 Å². The van der Waals surface area contributed by atoms with Crippen molar-refractivity contribution in [3.63, 3.8) is 0 Å². The smallest absolute Gasteiger partial charge is 0.270 e. The molecule has 0 N–H and O–H groups in total. The Morgan fingerprint density at radius 2 is 0.705 bits per heavy atom. The average molecular weight is 1590 g/mol. The van der Waals surface area contributed by atoms with Crippen LogP contribution in [0.5, 0.6) is 11.5 Å². The van der Waals surface area contributed by atoms with Gasteiger partial charge in [-0.25, -0.2) is 37.8 Å². The molecule has 4 aliphatic rings. The number of carbonyl (C=O) groups is 2. The quantitative estimate of drug-likeness (QED) is 0.0176. The lowest BCUT2D eigenvalue weighted by Gasteiger charge is -2.39. The van der Waals surface area contributed by atoms with Crippen LogP contribution in [0.3, 0.4) is 0 Å². The Kier molecular flexibility index (Phi) is 21.6. The van der Waals surface area contributed by atoms with E-state index in [1.165, 1.54) is 44.9 Å². The number of hydrogen-bond acceptors (Lipinski definition) is 12. The third-order valence-corrected chi connectivity index (χ3v) is 29.7. The lowest BCUT2D eigenvalue weighted by Crippen LogP contribution is -2.38. The van der Waals surface area contributed by atoms with Crippen LogP contribution < -0.4 is 9.47 Å². The van der Waals surface area contributed by atoms with Crippen LogP contribution in [0, 0.1) is 59.1 Å². The predicted octanol–water partition coefficient (Wildman–Crippen LogP) is 28.1. The van der Waals surface area contributed by atoms with Crippen LogP contribution in [0.2, 0.25) is 0 Å². The lowest BCUT2D eigenvalue weighted by molar-refractivity contribution is 0.103. The van der Waals surface area contributed by atoms with Crippen molar-refractivity contribution < 1.29 is 36.6 Å². The molecule has 0 unspecified atom stereocenters. The van der Waals surface area contributed by atoms with E-state index in [9.17, 15) is 20.1 Å². The van der Waals surface area contributed by atoms with Crippen LogP contribution in [-0.2, 0) is 36.9 Å². The summed E-state index contributed by atoms with van der Waals surface area (Å²) in [5.41, 5.74) is 6.45. The number of ketones is 2. The first kappa shape index (κ1) is 75.9. The van der Waals surface area contributed by atoms with E-state index < -0.39 is 57.4 Å². The van der Waals surface area contributed by atoms with Gasteiger partial charge in [-0.1, -0.05) is 202 Å². The van der Waals surface area contributed by atoms with Crippen molar-refractivity contribution in [3.8, 4) is 43.1 Å². The molecule has 6 aromatic heterocycles. The molecule has 16 rings (SSSR count). The van der Waals surface area contributed by atoms with E-state index in [2.05, 4.69) is 134 Å². The summed E-state index contributed by atoms with van der Waals surface area (Å²) in [5, 5.41) is 20.7. The van der Waals surface area contributed by atoms with Gasteiger partial charge in [-0.3, -0.25) is 9.59 Å². The van der Waals surface area contributed by atoms with E-state index in [1.54, 1.807) is 57.5 Å².